The van der Waals surface area contributed by atoms with Crippen molar-refractivity contribution in [1.82, 2.24) is 10.2 Å². The average Bonchev–Trinajstić information content (AvgIpc) is 2.59. The Bertz CT molecular complexity index is 892. The van der Waals surface area contributed by atoms with Crippen LogP contribution in [0.3, 0.4) is 0 Å². The molecule has 1 fully saturated rings. The lowest BCUT2D eigenvalue weighted by atomic mass is 9.73. The summed E-state index contributed by atoms with van der Waals surface area (Å²) in [5, 5.41) is 11.2. The van der Waals surface area contributed by atoms with Crippen molar-refractivity contribution in [2.45, 2.75) is 31.5 Å². The second-order valence-electron chi connectivity index (χ2n) is 7.00. The number of amides is 1. The number of carbonyl (C=O) groups is 1. The summed E-state index contributed by atoms with van der Waals surface area (Å²) in [5.74, 6) is -1.17. The van der Waals surface area contributed by atoms with Crippen LogP contribution in [0, 0.1) is 12.3 Å². The van der Waals surface area contributed by atoms with Crippen molar-refractivity contribution in [2.24, 2.45) is 0 Å². The standard InChI is InChI=1S/C20H20F3N3O/c1-12-5-4-6-15(11-12)19(2)16(17(27)26(3)18(24)25-19)13-7-9-14(10-8-13)20(21,22)23/h4-11,16H,1-3H3,(H2,24,25)/t16-,19+/m0/s1. The molecule has 1 aliphatic heterocycles. The third kappa shape index (κ3) is 3.29. The van der Waals surface area contributed by atoms with E-state index in [1.807, 2.05) is 31.2 Å². The maximum absolute atomic E-state index is 13.0. The van der Waals surface area contributed by atoms with E-state index >= 15 is 0 Å². The molecule has 1 saturated heterocycles. The van der Waals surface area contributed by atoms with Gasteiger partial charge in [-0.25, -0.2) is 0 Å². The summed E-state index contributed by atoms with van der Waals surface area (Å²) in [6.45, 7) is 3.71. The molecule has 3 rings (SSSR count). The Kier molecular flexibility index (Phi) is 4.49. The van der Waals surface area contributed by atoms with E-state index in [1.54, 1.807) is 6.92 Å². The fourth-order valence-electron chi connectivity index (χ4n) is 3.50. The Labute approximate surface area is 155 Å². The molecule has 1 amide bonds. The second kappa shape index (κ2) is 6.40. The maximum Gasteiger partial charge on any atom is 0.416 e. The number of guanidine groups is 1. The Morgan fingerprint density at radius 1 is 1.15 bits per heavy atom. The van der Waals surface area contributed by atoms with Crippen LogP contribution in [0.25, 0.3) is 0 Å². The van der Waals surface area contributed by atoms with E-state index in [0.29, 0.717) is 5.56 Å². The summed E-state index contributed by atoms with van der Waals surface area (Å²) < 4.78 is 38.7. The lowest BCUT2D eigenvalue weighted by molar-refractivity contribution is -0.137. The van der Waals surface area contributed by atoms with Gasteiger partial charge in [0.15, 0.2) is 5.96 Å². The number of nitrogens with one attached hydrogen (secondary N) is 2. The van der Waals surface area contributed by atoms with Gasteiger partial charge in [0.1, 0.15) is 0 Å². The van der Waals surface area contributed by atoms with Gasteiger partial charge in [0, 0.05) is 7.05 Å². The van der Waals surface area contributed by atoms with Crippen molar-refractivity contribution >= 4 is 11.9 Å². The van der Waals surface area contributed by atoms with E-state index in [-0.39, 0.29) is 11.9 Å². The molecule has 0 aromatic heterocycles. The molecule has 4 nitrogen and oxygen atoms in total. The van der Waals surface area contributed by atoms with Gasteiger partial charge in [0.05, 0.1) is 17.0 Å². The van der Waals surface area contributed by atoms with Gasteiger partial charge in [-0.05, 0) is 37.1 Å². The molecule has 27 heavy (non-hydrogen) atoms. The highest BCUT2D eigenvalue weighted by atomic mass is 19.4. The number of benzene rings is 2. The van der Waals surface area contributed by atoms with Crippen LogP contribution in [0.15, 0.2) is 48.5 Å². The average molecular weight is 375 g/mol. The van der Waals surface area contributed by atoms with E-state index in [0.717, 1.165) is 23.3 Å². The molecule has 0 unspecified atom stereocenters. The third-order valence-corrected chi connectivity index (χ3v) is 5.06. The van der Waals surface area contributed by atoms with E-state index < -0.39 is 23.2 Å². The van der Waals surface area contributed by atoms with Gasteiger partial charge in [-0.3, -0.25) is 15.1 Å². The van der Waals surface area contributed by atoms with Crippen molar-refractivity contribution < 1.29 is 18.0 Å². The van der Waals surface area contributed by atoms with Crippen LogP contribution in [0.5, 0.6) is 0 Å². The van der Waals surface area contributed by atoms with Gasteiger partial charge < -0.3 is 5.32 Å². The predicted octanol–water partition coefficient (Wildman–Crippen LogP) is 4.01. The van der Waals surface area contributed by atoms with E-state index in [1.165, 1.54) is 24.1 Å². The van der Waals surface area contributed by atoms with Gasteiger partial charge in [-0.15, -0.1) is 0 Å². The number of nitrogens with zero attached hydrogens (tertiary/aromatic N) is 1. The largest absolute Gasteiger partial charge is 0.416 e. The number of rotatable bonds is 2. The van der Waals surface area contributed by atoms with Gasteiger partial charge in [-0.2, -0.15) is 13.2 Å². The van der Waals surface area contributed by atoms with Gasteiger partial charge >= 0.3 is 6.18 Å². The van der Waals surface area contributed by atoms with Crippen molar-refractivity contribution in [1.29, 1.82) is 5.41 Å². The molecule has 1 aliphatic rings. The van der Waals surface area contributed by atoms with Gasteiger partial charge in [0.2, 0.25) is 5.91 Å². The molecule has 2 N–H and O–H groups in total. The first kappa shape index (κ1) is 18.9. The zero-order valence-electron chi connectivity index (χ0n) is 15.2. The van der Waals surface area contributed by atoms with Crippen molar-refractivity contribution in [3.63, 3.8) is 0 Å². The number of alkyl halides is 3. The van der Waals surface area contributed by atoms with Crippen molar-refractivity contribution in [3.8, 4) is 0 Å². The second-order valence-corrected chi connectivity index (χ2v) is 7.00. The van der Waals surface area contributed by atoms with Crippen LogP contribution >= 0.6 is 0 Å². The number of halogens is 3. The Balaban J connectivity index is 2.13. The lowest BCUT2D eigenvalue weighted by Gasteiger charge is -2.46. The molecular weight excluding hydrogens is 355 g/mol. The van der Waals surface area contributed by atoms with Crippen LogP contribution < -0.4 is 5.32 Å². The maximum atomic E-state index is 13.0. The zero-order chi connectivity index (χ0) is 20.0. The van der Waals surface area contributed by atoms with Gasteiger partial charge in [0.25, 0.3) is 0 Å². The third-order valence-electron chi connectivity index (χ3n) is 5.06. The molecule has 2 atom stereocenters. The molecule has 2 aromatic carbocycles. The minimum absolute atomic E-state index is 0.0489. The highest BCUT2D eigenvalue weighted by Gasteiger charge is 2.48. The van der Waals surface area contributed by atoms with Crippen LogP contribution in [0.4, 0.5) is 13.2 Å². The van der Waals surface area contributed by atoms with Crippen molar-refractivity contribution in [2.75, 3.05) is 7.05 Å². The Morgan fingerprint density at radius 2 is 1.78 bits per heavy atom. The summed E-state index contributed by atoms with van der Waals surface area (Å²) in [6.07, 6.45) is -4.44. The molecule has 0 saturated carbocycles. The topological polar surface area (TPSA) is 56.2 Å². The van der Waals surface area contributed by atoms with Crippen LogP contribution in [0.1, 0.15) is 35.1 Å². The quantitative estimate of drug-likeness (QED) is 0.833. The number of likely N-dealkylation sites (N-methyl/N-ethyl adjacent to an activating group) is 1. The zero-order valence-corrected chi connectivity index (χ0v) is 15.2. The molecule has 2 aromatic rings. The number of carbonyl (C=O) groups excluding carboxylic acids is 1. The van der Waals surface area contributed by atoms with Gasteiger partial charge in [-0.1, -0.05) is 42.0 Å². The van der Waals surface area contributed by atoms with E-state index in [4.69, 9.17) is 5.41 Å². The summed E-state index contributed by atoms with van der Waals surface area (Å²) in [4.78, 5) is 14.2. The first-order valence-electron chi connectivity index (χ1n) is 8.42. The van der Waals surface area contributed by atoms with Crippen molar-refractivity contribution in [3.05, 3.63) is 70.8 Å². The molecule has 0 radical (unpaired) electrons. The summed E-state index contributed by atoms with van der Waals surface area (Å²) in [7, 11) is 1.48. The fraction of sp³-hybridized carbons (Fsp3) is 0.300. The molecule has 7 heteroatoms. The van der Waals surface area contributed by atoms with Crippen LogP contribution in [-0.2, 0) is 16.5 Å². The molecule has 1 heterocycles. The number of hydrogen-bond donors (Lipinski definition) is 2. The SMILES string of the molecule is Cc1cccc([C@@]2(C)NC(=N)N(C)C(=O)[C@@H]2c2ccc(C(F)(F)F)cc2)c1. The molecule has 0 spiro atoms. The Morgan fingerprint density at radius 3 is 2.33 bits per heavy atom. The minimum atomic E-state index is -4.44. The minimum Gasteiger partial charge on any atom is -0.346 e. The van der Waals surface area contributed by atoms with Crippen LogP contribution in [0.2, 0.25) is 0 Å². The first-order valence-corrected chi connectivity index (χ1v) is 8.42. The van der Waals surface area contributed by atoms with E-state index in [2.05, 4.69) is 5.32 Å². The van der Waals surface area contributed by atoms with E-state index in [9.17, 15) is 18.0 Å². The Hall–Kier alpha value is -2.83. The number of hydrogen-bond acceptors (Lipinski definition) is 2. The molecular formula is C20H20F3N3O. The molecule has 142 valence electrons. The normalized spacial score (nSPS) is 23.3. The lowest BCUT2D eigenvalue weighted by Crippen LogP contribution is -2.62. The highest BCUT2D eigenvalue weighted by Crippen LogP contribution is 2.41. The number of aryl methyl sites for hydroxylation is 1. The molecule has 0 bridgehead atoms. The monoisotopic (exact) mass is 375 g/mol. The smallest absolute Gasteiger partial charge is 0.346 e. The first-order chi connectivity index (χ1) is 12.5. The fourth-order valence-corrected chi connectivity index (χ4v) is 3.50. The molecule has 0 aliphatic carbocycles. The van der Waals surface area contributed by atoms with Crippen LogP contribution in [-0.4, -0.2) is 23.8 Å². The highest BCUT2D eigenvalue weighted by molar-refractivity contribution is 6.02. The summed E-state index contributed by atoms with van der Waals surface area (Å²) in [6, 6.07) is 12.2. The predicted molar refractivity (Wildman–Crippen MR) is 96.3 cm³/mol. The summed E-state index contributed by atoms with van der Waals surface area (Å²) >= 11 is 0. The summed E-state index contributed by atoms with van der Waals surface area (Å²) in [5.41, 5.74) is 0.509.